The topological polar surface area (TPSA) is 59.4 Å². The third-order valence-corrected chi connectivity index (χ3v) is 7.18. The molecule has 1 saturated heterocycles. The molecule has 1 aliphatic rings. The van der Waals surface area contributed by atoms with Crippen LogP contribution in [0.25, 0.3) is 16.3 Å². The lowest BCUT2D eigenvalue weighted by molar-refractivity contribution is 0.0743. The molecule has 1 amide bonds. The van der Waals surface area contributed by atoms with Crippen molar-refractivity contribution in [2.75, 3.05) is 19.7 Å². The van der Waals surface area contributed by atoms with E-state index in [1.54, 1.807) is 16.8 Å². The molecule has 1 N–H and O–H groups in total. The van der Waals surface area contributed by atoms with Crippen molar-refractivity contribution in [3.05, 3.63) is 56.5 Å². The van der Waals surface area contributed by atoms with Crippen LogP contribution < -0.4 is 5.43 Å². The van der Waals surface area contributed by atoms with Crippen molar-refractivity contribution in [2.24, 2.45) is 0 Å². The van der Waals surface area contributed by atoms with Gasteiger partial charge in [0.2, 0.25) is 0 Å². The Bertz CT molecular complexity index is 1270. The van der Waals surface area contributed by atoms with E-state index in [1.165, 1.54) is 17.8 Å². The SMILES string of the molecule is Cc1c(C(=O)NN2CCCCC2)nn(-c2ccc(Cl)cc2Cl)c1-c1ccc(C#CCOC(C)C)s1. The number of amides is 1. The van der Waals surface area contributed by atoms with Gasteiger partial charge in [0, 0.05) is 23.7 Å². The largest absolute Gasteiger partial charge is 0.366 e. The Balaban J connectivity index is 1.71. The number of hydrogen-bond acceptors (Lipinski definition) is 5. The van der Waals surface area contributed by atoms with Gasteiger partial charge in [0.05, 0.1) is 32.3 Å². The summed E-state index contributed by atoms with van der Waals surface area (Å²) in [7, 11) is 0. The van der Waals surface area contributed by atoms with E-state index >= 15 is 0 Å². The summed E-state index contributed by atoms with van der Waals surface area (Å²) >= 11 is 14.2. The number of nitrogens with zero attached hydrogens (tertiary/aromatic N) is 3. The number of carbonyl (C=O) groups excluding carboxylic acids is 1. The first-order valence-electron chi connectivity index (χ1n) is 11.6. The fourth-order valence-electron chi connectivity index (χ4n) is 3.89. The molecule has 3 heterocycles. The second-order valence-corrected chi connectivity index (χ2v) is 10.6. The zero-order valence-corrected chi connectivity index (χ0v) is 22.4. The molecule has 0 aliphatic carbocycles. The minimum Gasteiger partial charge on any atom is -0.366 e. The van der Waals surface area contributed by atoms with Crippen molar-refractivity contribution < 1.29 is 9.53 Å². The molecule has 35 heavy (non-hydrogen) atoms. The molecule has 184 valence electrons. The molecular weight excluding hydrogens is 503 g/mol. The number of ether oxygens (including phenoxy) is 1. The standard InChI is InChI=1S/C26H28Cl2N4O2S/c1-17(2)34-15-7-8-20-10-12-23(35-20)25-18(3)24(26(33)30-31-13-5-4-6-14-31)29-32(25)22-11-9-19(27)16-21(22)28/h9-12,16-17H,4-6,13-15H2,1-3H3,(H,30,33). The van der Waals surface area contributed by atoms with E-state index in [0.29, 0.717) is 28.0 Å². The van der Waals surface area contributed by atoms with Crippen LogP contribution in [0, 0.1) is 18.8 Å². The lowest BCUT2D eigenvalue weighted by Gasteiger charge is -2.26. The van der Waals surface area contributed by atoms with Crippen molar-refractivity contribution in [2.45, 2.75) is 46.1 Å². The Kier molecular flexibility index (Phi) is 8.53. The molecule has 1 fully saturated rings. The number of carbonyl (C=O) groups is 1. The summed E-state index contributed by atoms with van der Waals surface area (Å²) < 4.78 is 7.24. The van der Waals surface area contributed by atoms with Gasteiger partial charge in [0.15, 0.2) is 5.69 Å². The summed E-state index contributed by atoms with van der Waals surface area (Å²) in [6.07, 6.45) is 3.46. The second kappa shape index (κ2) is 11.6. The van der Waals surface area contributed by atoms with Gasteiger partial charge in [0.1, 0.15) is 6.61 Å². The van der Waals surface area contributed by atoms with Crippen LogP contribution in [0.4, 0.5) is 0 Å². The van der Waals surface area contributed by atoms with E-state index in [9.17, 15) is 4.79 Å². The highest BCUT2D eigenvalue weighted by Gasteiger charge is 2.25. The second-order valence-electron chi connectivity index (χ2n) is 8.64. The summed E-state index contributed by atoms with van der Waals surface area (Å²) in [4.78, 5) is 15.1. The fraction of sp³-hybridized carbons (Fsp3) is 0.385. The molecule has 1 aliphatic heterocycles. The molecule has 0 atom stereocenters. The number of hydrogen-bond donors (Lipinski definition) is 1. The average molecular weight is 532 g/mol. The van der Waals surface area contributed by atoms with Gasteiger partial charge in [-0.3, -0.25) is 10.2 Å². The maximum Gasteiger partial charge on any atom is 0.286 e. The highest BCUT2D eigenvalue weighted by Crippen LogP contribution is 2.36. The van der Waals surface area contributed by atoms with Crippen LogP contribution in [0.15, 0.2) is 30.3 Å². The molecular formula is C26H28Cl2N4O2S. The van der Waals surface area contributed by atoms with Gasteiger partial charge in [0.25, 0.3) is 5.91 Å². The molecule has 0 radical (unpaired) electrons. The quantitative estimate of drug-likeness (QED) is 0.389. The monoisotopic (exact) mass is 530 g/mol. The van der Waals surface area contributed by atoms with Crippen molar-refractivity contribution in [1.82, 2.24) is 20.2 Å². The first-order valence-corrected chi connectivity index (χ1v) is 13.2. The first kappa shape index (κ1) is 25.7. The van der Waals surface area contributed by atoms with Crippen molar-refractivity contribution in [3.8, 4) is 28.1 Å². The smallest absolute Gasteiger partial charge is 0.286 e. The number of rotatable bonds is 6. The normalized spacial score (nSPS) is 14.1. The minimum absolute atomic E-state index is 0.138. The predicted molar refractivity (Wildman–Crippen MR) is 142 cm³/mol. The van der Waals surface area contributed by atoms with E-state index in [1.807, 2.05) is 44.0 Å². The first-order chi connectivity index (χ1) is 16.8. The van der Waals surface area contributed by atoms with Crippen LogP contribution in [-0.4, -0.2) is 46.5 Å². The lowest BCUT2D eigenvalue weighted by atomic mass is 10.1. The number of benzene rings is 1. The number of halogens is 2. The molecule has 0 unspecified atom stereocenters. The van der Waals surface area contributed by atoms with Crippen LogP contribution in [0.2, 0.25) is 10.0 Å². The maximum atomic E-state index is 13.2. The van der Waals surface area contributed by atoms with Crippen molar-refractivity contribution >= 4 is 40.4 Å². The Labute approximate surface area is 220 Å². The number of nitrogens with one attached hydrogen (secondary N) is 1. The average Bonchev–Trinajstić information content (AvgIpc) is 3.41. The van der Waals surface area contributed by atoms with Gasteiger partial charge in [-0.05, 0) is 63.9 Å². The van der Waals surface area contributed by atoms with E-state index in [0.717, 1.165) is 46.9 Å². The molecule has 1 aromatic carbocycles. The number of thiophene rings is 1. The van der Waals surface area contributed by atoms with Gasteiger partial charge in [-0.15, -0.1) is 11.3 Å². The van der Waals surface area contributed by atoms with Crippen LogP contribution in [0.1, 0.15) is 54.0 Å². The van der Waals surface area contributed by atoms with Crippen LogP contribution in [-0.2, 0) is 4.74 Å². The molecule has 2 aromatic heterocycles. The van der Waals surface area contributed by atoms with E-state index in [2.05, 4.69) is 17.3 Å². The van der Waals surface area contributed by atoms with Crippen LogP contribution in [0.3, 0.4) is 0 Å². The minimum atomic E-state index is -0.225. The molecule has 6 nitrogen and oxygen atoms in total. The van der Waals surface area contributed by atoms with Gasteiger partial charge >= 0.3 is 0 Å². The highest BCUT2D eigenvalue weighted by molar-refractivity contribution is 7.16. The summed E-state index contributed by atoms with van der Waals surface area (Å²) in [6.45, 7) is 7.94. The van der Waals surface area contributed by atoms with Gasteiger partial charge < -0.3 is 4.74 Å². The van der Waals surface area contributed by atoms with Crippen LogP contribution in [0.5, 0.6) is 0 Å². The van der Waals surface area contributed by atoms with Crippen LogP contribution >= 0.6 is 34.5 Å². The molecule has 0 saturated carbocycles. The summed E-state index contributed by atoms with van der Waals surface area (Å²) in [6, 6.07) is 9.21. The summed E-state index contributed by atoms with van der Waals surface area (Å²) in [5.41, 5.74) is 5.61. The molecule has 3 aromatic rings. The molecule has 0 spiro atoms. The van der Waals surface area contributed by atoms with E-state index in [4.69, 9.17) is 33.0 Å². The third kappa shape index (κ3) is 6.27. The Hall–Kier alpha value is -2.34. The Morgan fingerprint density at radius 2 is 1.97 bits per heavy atom. The summed E-state index contributed by atoms with van der Waals surface area (Å²) in [5, 5.41) is 7.67. The third-order valence-electron chi connectivity index (χ3n) is 5.63. The van der Waals surface area contributed by atoms with Crippen molar-refractivity contribution in [1.29, 1.82) is 0 Å². The Morgan fingerprint density at radius 1 is 1.20 bits per heavy atom. The van der Waals surface area contributed by atoms with Gasteiger partial charge in [-0.25, -0.2) is 9.69 Å². The Morgan fingerprint density at radius 3 is 2.69 bits per heavy atom. The molecule has 9 heteroatoms. The van der Waals surface area contributed by atoms with Gasteiger partial charge in [-0.2, -0.15) is 5.10 Å². The number of piperidine rings is 1. The maximum absolute atomic E-state index is 13.2. The van der Waals surface area contributed by atoms with Crippen molar-refractivity contribution in [3.63, 3.8) is 0 Å². The lowest BCUT2D eigenvalue weighted by Crippen LogP contribution is -2.45. The zero-order chi connectivity index (χ0) is 24.9. The fourth-order valence-corrected chi connectivity index (χ4v) is 5.35. The zero-order valence-electron chi connectivity index (χ0n) is 20.0. The van der Waals surface area contributed by atoms with E-state index < -0.39 is 0 Å². The number of aromatic nitrogens is 2. The molecule has 0 bridgehead atoms. The molecule has 4 rings (SSSR count). The van der Waals surface area contributed by atoms with Gasteiger partial charge in [-0.1, -0.05) is 41.5 Å². The number of hydrazine groups is 1. The summed E-state index contributed by atoms with van der Waals surface area (Å²) in [5.74, 6) is 5.98. The van der Waals surface area contributed by atoms with E-state index in [-0.39, 0.29) is 12.0 Å². The predicted octanol–water partition coefficient (Wildman–Crippen LogP) is 6.12. The highest BCUT2D eigenvalue weighted by atomic mass is 35.5.